The number of anilines is 2. The lowest BCUT2D eigenvalue weighted by Crippen LogP contribution is -2.13. The largest absolute Gasteiger partial charge is 0.399 e. The summed E-state index contributed by atoms with van der Waals surface area (Å²) in [5.74, 6) is -0.242. The van der Waals surface area contributed by atoms with E-state index in [0.717, 1.165) is 6.42 Å². The van der Waals surface area contributed by atoms with Crippen LogP contribution in [0, 0.1) is 11.3 Å². The fourth-order valence-corrected chi connectivity index (χ4v) is 1.85. The number of benzene rings is 2. The Morgan fingerprint density at radius 1 is 1.25 bits per heavy atom. The van der Waals surface area contributed by atoms with Gasteiger partial charge in [-0.3, -0.25) is 4.79 Å². The molecule has 0 fully saturated rings. The Hall–Kier alpha value is -2.80. The first kappa shape index (κ1) is 13.6. The van der Waals surface area contributed by atoms with Gasteiger partial charge in [-0.2, -0.15) is 5.26 Å². The molecule has 0 bridgehead atoms. The molecule has 4 nitrogen and oxygen atoms in total. The highest BCUT2D eigenvalue weighted by Crippen LogP contribution is 2.19. The van der Waals surface area contributed by atoms with Crippen molar-refractivity contribution in [3.63, 3.8) is 0 Å². The first-order valence-corrected chi connectivity index (χ1v) is 6.34. The van der Waals surface area contributed by atoms with Gasteiger partial charge < -0.3 is 11.1 Å². The summed E-state index contributed by atoms with van der Waals surface area (Å²) in [4.78, 5) is 12.1. The van der Waals surface area contributed by atoms with Crippen LogP contribution in [0.1, 0.15) is 28.4 Å². The first-order valence-electron chi connectivity index (χ1n) is 6.34. The van der Waals surface area contributed by atoms with Crippen molar-refractivity contribution in [3.8, 4) is 6.07 Å². The number of nitriles is 1. The maximum Gasteiger partial charge on any atom is 0.255 e. The number of amides is 1. The van der Waals surface area contributed by atoms with E-state index >= 15 is 0 Å². The topological polar surface area (TPSA) is 78.9 Å². The molecule has 0 radical (unpaired) electrons. The number of rotatable bonds is 3. The molecule has 20 heavy (non-hydrogen) atoms. The number of nitrogens with two attached hydrogens (primary N) is 1. The SMILES string of the molecule is CCc1ccc(C(=O)Nc2ccc(N)cc2C#N)cc1. The zero-order chi connectivity index (χ0) is 14.5. The van der Waals surface area contributed by atoms with Crippen LogP contribution in [-0.4, -0.2) is 5.91 Å². The van der Waals surface area contributed by atoms with E-state index in [9.17, 15) is 4.79 Å². The summed E-state index contributed by atoms with van der Waals surface area (Å²) in [7, 11) is 0. The summed E-state index contributed by atoms with van der Waals surface area (Å²) in [6, 6.07) is 14.2. The van der Waals surface area contributed by atoms with Gasteiger partial charge in [0.15, 0.2) is 0 Å². The van der Waals surface area contributed by atoms with Crippen LogP contribution < -0.4 is 11.1 Å². The smallest absolute Gasteiger partial charge is 0.255 e. The van der Waals surface area contributed by atoms with E-state index in [4.69, 9.17) is 11.0 Å². The lowest BCUT2D eigenvalue weighted by molar-refractivity contribution is 0.102. The molecule has 1 amide bonds. The Morgan fingerprint density at radius 2 is 1.95 bits per heavy atom. The Balaban J connectivity index is 2.21. The van der Waals surface area contributed by atoms with Gasteiger partial charge in [-0.05, 0) is 42.3 Å². The second-order valence-corrected chi connectivity index (χ2v) is 4.42. The van der Waals surface area contributed by atoms with Crippen LogP contribution in [-0.2, 0) is 6.42 Å². The molecule has 0 unspecified atom stereocenters. The molecular weight excluding hydrogens is 250 g/mol. The maximum atomic E-state index is 12.1. The number of nitrogens with one attached hydrogen (secondary N) is 1. The van der Waals surface area contributed by atoms with E-state index in [1.807, 2.05) is 18.2 Å². The monoisotopic (exact) mass is 265 g/mol. The van der Waals surface area contributed by atoms with Gasteiger partial charge in [-0.1, -0.05) is 19.1 Å². The minimum absolute atomic E-state index is 0.242. The zero-order valence-electron chi connectivity index (χ0n) is 11.2. The van der Waals surface area contributed by atoms with Crippen molar-refractivity contribution in [3.05, 3.63) is 59.2 Å². The molecule has 0 aliphatic carbocycles. The summed E-state index contributed by atoms with van der Waals surface area (Å²) >= 11 is 0. The molecule has 0 aliphatic heterocycles. The van der Waals surface area contributed by atoms with Crippen LogP contribution >= 0.6 is 0 Å². The Kier molecular flexibility index (Phi) is 4.02. The van der Waals surface area contributed by atoms with Crippen molar-refractivity contribution < 1.29 is 4.79 Å². The summed E-state index contributed by atoms with van der Waals surface area (Å²) in [5, 5.41) is 11.8. The molecule has 2 aromatic rings. The average molecular weight is 265 g/mol. The van der Waals surface area contributed by atoms with Gasteiger partial charge in [0, 0.05) is 11.3 Å². The number of carbonyl (C=O) groups is 1. The second-order valence-electron chi connectivity index (χ2n) is 4.42. The summed E-state index contributed by atoms with van der Waals surface area (Å²) in [6.45, 7) is 2.06. The average Bonchev–Trinajstić information content (AvgIpc) is 2.49. The standard InChI is InChI=1S/C16H15N3O/c1-2-11-3-5-12(6-4-11)16(20)19-15-8-7-14(18)9-13(15)10-17/h3-9H,2,18H2,1H3,(H,19,20). The molecule has 0 spiro atoms. The quantitative estimate of drug-likeness (QED) is 0.837. The van der Waals surface area contributed by atoms with Crippen LogP contribution in [0.4, 0.5) is 11.4 Å². The fourth-order valence-electron chi connectivity index (χ4n) is 1.85. The summed E-state index contributed by atoms with van der Waals surface area (Å²) < 4.78 is 0. The van der Waals surface area contributed by atoms with Crippen molar-refractivity contribution in [2.24, 2.45) is 0 Å². The Bertz CT molecular complexity index is 669. The first-order chi connectivity index (χ1) is 9.63. The molecule has 0 atom stereocenters. The molecular formula is C16H15N3O. The molecule has 3 N–H and O–H groups in total. The lowest BCUT2D eigenvalue weighted by atomic mass is 10.1. The highest BCUT2D eigenvalue weighted by Gasteiger charge is 2.09. The molecule has 0 heterocycles. The van der Waals surface area contributed by atoms with E-state index in [1.165, 1.54) is 11.6 Å². The summed E-state index contributed by atoms with van der Waals surface area (Å²) in [5.41, 5.74) is 8.65. The highest BCUT2D eigenvalue weighted by molar-refractivity contribution is 6.05. The maximum absolute atomic E-state index is 12.1. The van der Waals surface area contributed by atoms with E-state index in [2.05, 4.69) is 12.2 Å². The third-order valence-corrected chi connectivity index (χ3v) is 3.04. The molecule has 0 saturated carbocycles. The van der Waals surface area contributed by atoms with Gasteiger partial charge in [-0.15, -0.1) is 0 Å². The Morgan fingerprint density at radius 3 is 2.55 bits per heavy atom. The van der Waals surface area contributed by atoms with Crippen LogP contribution in [0.2, 0.25) is 0 Å². The summed E-state index contributed by atoms with van der Waals surface area (Å²) in [6.07, 6.45) is 0.929. The fraction of sp³-hybridized carbons (Fsp3) is 0.125. The third-order valence-electron chi connectivity index (χ3n) is 3.04. The van der Waals surface area contributed by atoms with E-state index in [-0.39, 0.29) is 5.91 Å². The van der Waals surface area contributed by atoms with Gasteiger partial charge in [0.1, 0.15) is 6.07 Å². The van der Waals surface area contributed by atoms with Crippen LogP contribution in [0.25, 0.3) is 0 Å². The third kappa shape index (κ3) is 2.96. The number of hydrogen-bond acceptors (Lipinski definition) is 3. The van der Waals surface area contributed by atoms with Crippen molar-refractivity contribution >= 4 is 17.3 Å². The number of nitrogens with zero attached hydrogens (tertiary/aromatic N) is 1. The highest BCUT2D eigenvalue weighted by atomic mass is 16.1. The number of carbonyl (C=O) groups excluding carboxylic acids is 1. The minimum atomic E-state index is -0.242. The van der Waals surface area contributed by atoms with Gasteiger partial charge in [-0.25, -0.2) is 0 Å². The number of nitrogen functional groups attached to an aromatic ring is 1. The molecule has 0 aliphatic rings. The van der Waals surface area contributed by atoms with Gasteiger partial charge in [0.2, 0.25) is 0 Å². The van der Waals surface area contributed by atoms with E-state index in [0.29, 0.717) is 22.5 Å². The molecule has 0 saturated heterocycles. The predicted molar refractivity (Wildman–Crippen MR) is 79.3 cm³/mol. The van der Waals surface area contributed by atoms with Crippen LogP contribution in [0.5, 0.6) is 0 Å². The molecule has 100 valence electrons. The van der Waals surface area contributed by atoms with Crippen molar-refractivity contribution in [2.45, 2.75) is 13.3 Å². The minimum Gasteiger partial charge on any atom is -0.399 e. The molecule has 0 aromatic heterocycles. The van der Waals surface area contributed by atoms with Gasteiger partial charge >= 0.3 is 0 Å². The van der Waals surface area contributed by atoms with E-state index < -0.39 is 0 Å². The van der Waals surface area contributed by atoms with E-state index in [1.54, 1.807) is 24.3 Å². The normalized spacial score (nSPS) is 9.80. The van der Waals surface area contributed by atoms with Crippen molar-refractivity contribution in [2.75, 3.05) is 11.1 Å². The molecule has 2 rings (SSSR count). The molecule has 4 heteroatoms. The molecule has 2 aromatic carbocycles. The van der Waals surface area contributed by atoms with Crippen molar-refractivity contribution in [1.29, 1.82) is 5.26 Å². The van der Waals surface area contributed by atoms with Crippen molar-refractivity contribution in [1.82, 2.24) is 0 Å². The van der Waals surface area contributed by atoms with Gasteiger partial charge in [0.05, 0.1) is 11.3 Å². The van der Waals surface area contributed by atoms with Crippen LogP contribution in [0.3, 0.4) is 0 Å². The predicted octanol–water partition coefficient (Wildman–Crippen LogP) is 2.96. The second kappa shape index (κ2) is 5.89. The number of hydrogen-bond donors (Lipinski definition) is 2. The van der Waals surface area contributed by atoms with Crippen LogP contribution in [0.15, 0.2) is 42.5 Å². The van der Waals surface area contributed by atoms with Gasteiger partial charge in [0.25, 0.3) is 5.91 Å². The number of aryl methyl sites for hydroxylation is 1. The zero-order valence-corrected chi connectivity index (χ0v) is 11.2. The lowest BCUT2D eigenvalue weighted by Gasteiger charge is -2.08. The Labute approximate surface area is 117 Å².